The first kappa shape index (κ1) is 11.6. The lowest BCUT2D eigenvalue weighted by atomic mass is 10.1. The quantitative estimate of drug-likeness (QED) is 0.795. The van der Waals surface area contributed by atoms with Crippen molar-refractivity contribution in [3.63, 3.8) is 0 Å². The van der Waals surface area contributed by atoms with Crippen molar-refractivity contribution >= 4 is 0 Å². The van der Waals surface area contributed by atoms with Gasteiger partial charge in [0.1, 0.15) is 0 Å². The zero-order valence-electron chi connectivity index (χ0n) is 9.73. The predicted molar refractivity (Wildman–Crippen MR) is 66.1 cm³/mol. The summed E-state index contributed by atoms with van der Waals surface area (Å²) in [7, 11) is 0. The normalized spacial score (nSPS) is 24.8. The Labute approximate surface area is 97.7 Å². The highest BCUT2D eigenvalue weighted by Gasteiger charge is 2.23. The van der Waals surface area contributed by atoms with Gasteiger partial charge in [0.2, 0.25) is 0 Å². The minimum atomic E-state index is 0.370. The van der Waals surface area contributed by atoms with Gasteiger partial charge in [-0.3, -0.25) is 0 Å². The van der Waals surface area contributed by atoms with Crippen LogP contribution in [0.1, 0.15) is 24.8 Å². The van der Waals surface area contributed by atoms with Crippen LogP contribution in [-0.2, 0) is 6.54 Å². The van der Waals surface area contributed by atoms with Crippen molar-refractivity contribution < 1.29 is 5.11 Å². The Bertz CT molecular complexity index is 299. The Morgan fingerprint density at radius 1 is 1.12 bits per heavy atom. The molecule has 1 aliphatic carbocycles. The molecule has 0 aromatic heterocycles. The van der Waals surface area contributed by atoms with Crippen molar-refractivity contribution in [2.75, 3.05) is 13.2 Å². The number of nitrogens with one attached hydrogen (secondary N) is 1. The Kier molecular flexibility index (Phi) is 4.37. The van der Waals surface area contributed by atoms with Gasteiger partial charge in [-0.1, -0.05) is 30.3 Å². The average Bonchev–Trinajstić information content (AvgIpc) is 2.78. The zero-order chi connectivity index (χ0) is 11.2. The summed E-state index contributed by atoms with van der Waals surface area (Å²) in [5.41, 5.74) is 1.35. The summed E-state index contributed by atoms with van der Waals surface area (Å²) in [6.07, 6.45) is 3.67. The molecule has 2 atom stereocenters. The van der Waals surface area contributed by atoms with Crippen molar-refractivity contribution in [2.24, 2.45) is 11.8 Å². The maximum absolute atomic E-state index is 9.07. The molecule has 2 rings (SSSR count). The van der Waals surface area contributed by atoms with Crippen molar-refractivity contribution in [3.8, 4) is 0 Å². The predicted octanol–water partition coefficient (Wildman–Crippen LogP) is 2.18. The monoisotopic (exact) mass is 219 g/mol. The van der Waals surface area contributed by atoms with Gasteiger partial charge >= 0.3 is 0 Å². The molecule has 1 aromatic rings. The number of rotatable bonds is 5. The largest absolute Gasteiger partial charge is 0.396 e. The van der Waals surface area contributed by atoms with Crippen LogP contribution >= 0.6 is 0 Å². The summed E-state index contributed by atoms with van der Waals surface area (Å²) in [6, 6.07) is 10.5. The van der Waals surface area contributed by atoms with E-state index in [1.54, 1.807) is 0 Å². The molecule has 0 bridgehead atoms. The summed E-state index contributed by atoms with van der Waals surface area (Å²) in [5, 5.41) is 12.6. The molecule has 2 heteroatoms. The number of aliphatic hydroxyl groups excluding tert-OH is 1. The topological polar surface area (TPSA) is 32.3 Å². The number of hydrogen-bond donors (Lipinski definition) is 2. The molecule has 1 fully saturated rings. The Morgan fingerprint density at radius 3 is 2.56 bits per heavy atom. The van der Waals surface area contributed by atoms with Crippen LogP contribution in [-0.4, -0.2) is 18.3 Å². The lowest BCUT2D eigenvalue weighted by molar-refractivity contribution is 0.226. The van der Waals surface area contributed by atoms with E-state index >= 15 is 0 Å². The lowest BCUT2D eigenvalue weighted by Crippen LogP contribution is -2.21. The van der Waals surface area contributed by atoms with E-state index < -0.39 is 0 Å². The Hall–Kier alpha value is -0.860. The lowest BCUT2D eigenvalue weighted by Gasteiger charge is -2.11. The van der Waals surface area contributed by atoms with Crippen LogP contribution in [0.25, 0.3) is 0 Å². The fraction of sp³-hybridized carbons (Fsp3) is 0.571. The molecule has 1 aliphatic rings. The Balaban J connectivity index is 1.65. The molecule has 0 aliphatic heterocycles. The fourth-order valence-electron chi connectivity index (χ4n) is 2.55. The summed E-state index contributed by atoms with van der Waals surface area (Å²) in [5.74, 6) is 1.32. The van der Waals surface area contributed by atoms with E-state index in [0.29, 0.717) is 12.5 Å². The van der Waals surface area contributed by atoms with E-state index in [4.69, 9.17) is 5.11 Å². The third-order valence-corrected chi connectivity index (χ3v) is 3.51. The molecule has 0 heterocycles. The molecule has 0 saturated heterocycles. The summed E-state index contributed by atoms with van der Waals surface area (Å²) < 4.78 is 0. The first-order chi connectivity index (χ1) is 7.88. The molecule has 1 aromatic carbocycles. The smallest absolute Gasteiger partial charge is 0.0459 e. The number of hydrogen-bond acceptors (Lipinski definition) is 2. The molecular weight excluding hydrogens is 198 g/mol. The van der Waals surface area contributed by atoms with Crippen molar-refractivity contribution in [3.05, 3.63) is 35.9 Å². The average molecular weight is 219 g/mol. The molecule has 2 nitrogen and oxygen atoms in total. The molecular formula is C14H21NO. The van der Waals surface area contributed by atoms with Gasteiger partial charge in [-0.15, -0.1) is 0 Å². The van der Waals surface area contributed by atoms with E-state index in [2.05, 4.69) is 29.6 Å². The highest BCUT2D eigenvalue weighted by Crippen LogP contribution is 2.29. The SMILES string of the molecule is OCC1CCC(CNCc2ccccc2)C1. The third-order valence-electron chi connectivity index (χ3n) is 3.51. The van der Waals surface area contributed by atoms with Crippen molar-refractivity contribution in [1.82, 2.24) is 5.32 Å². The van der Waals surface area contributed by atoms with E-state index in [0.717, 1.165) is 19.0 Å². The van der Waals surface area contributed by atoms with Crippen LogP contribution in [0.3, 0.4) is 0 Å². The molecule has 2 unspecified atom stereocenters. The summed E-state index contributed by atoms with van der Waals surface area (Å²) in [6.45, 7) is 2.42. The number of aliphatic hydroxyl groups is 1. The highest BCUT2D eigenvalue weighted by atomic mass is 16.3. The molecule has 0 radical (unpaired) electrons. The van der Waals surface area contributed by atoms with Gasteiger partial charge in [-0.25, -0.2) is 0 Å². The van der Waals surface area contributed by atoms with Crippen LogP contribution in [0.4, 0.5) is 0 Å². The van der Waals surface area contributed by atoms with Crippen molar-refractivity contribution in [2.45, 2.75) is 25.8 Å². The first-order valence-corrected chi connectivity index (χ1v) is 6.24. The van der Waals surface area contributed by atoms with Gasteiger partial charge in [-0.05, 0) is 43.2 Å². The second-order valence-corrected chi connectivity index (χ2v) is 4.84. The van der Waals surface area contributed by atoms with Crippen LogP contribution in [0.2, 0.25) is 0 Å². The maximum atomic E-state index is 9.07. The third kappa shape index (κ3) is 3.32. The van der Waals surface area contributed by atoms with Crippen LogP contribution < -0.4 is 5.32 Å². The number of benzene rings is 1. The van der Waals surface area contributed by atoms with Gasteiger partial charge in [0.05, 0.1) is 0 Å². The minimum Gasteiger partial charge on any atom is -0.396 e. The van der Waals surface area contributed by atoms with Gasteiger partial charge < -0.3 is 10.4 Å². The second kappa shape index (κ2) is 6.02. The van der Waals surface area contributed by atoms with Gasteiger partial charge in [0.15, 0.2) is 0 Å². The second-order valence-electron chi connectivity index (χ2n) is 4.84. The van der Waals surface area contributed by atoms with E-state index in [-0.39, 0.29) is 0 Å². The minimum absolute atomic E-state index is 0.370. The van der Waals surface area contributed by atoms with Crippen LogP contribution in [0.15, 0.2) is 30.3 Å². The molecule has 2 N–H and O–H groups in total. The zero-order valence-corrected chi connectivity index (χ0v) is 9.73. The molecule has 1 saturated carbocycles. The standard InChI is InChI=1S/C14H21NO/c16-11-14-7-6-13(8-14)10-15-9-12-4-2-1-3-5-12/h1-5,13-16H,6-11H2. The van der Waals surface area contributed by atoms with Gasteiger partial charge in [0, 0.05) is 13.2 Å². The molecule has 16 heavy (non-hydrogen) atoms. The molecule has 88 valence electrons. The fourth-order valence-corrected chi connectivity index (χ4v) is 2.55. The Morgan fingerprint density at radius 2 is 1.88 bits per heavy atom. The van der Waals surface area contributed by atoms with Crippen molar-refractivity contribution in [1.29, 1.82) is 0 Å². The highest BCUT2D eigenvalue weighted by molar-refractivity contribution is 5.14. The summed E-state index contributed by atoms with van der Waals surface area (Å²) >= 11 is 0. The summed E-state index contributed by atoms with van der Waals surface area (Å²) in [4.78, 5) is 0. The maximum Gasteiger partial charge on any atom is 0.0459 e. The molecule has 0 spiro atoms. The van der Waals surface area contributed by atoms with Crippen LogP contribution in [0.5, 0.6) is 0 Å². The van der Waals surface area contributed by atoms with Crippen LogP contribution in [0, 0.1) is 11.8 Å². The molecule has 0 amide bonds. The van der Waals surface area contributed by atoms with E-state index in [9.17, 15) is 0 Å². The first-order valence-electron chi connectivity index (χ1n) is 6.24. The van der Waals surface area contributed by atoms with E-state index in [1.165, 1.54) is 24.8 Å². The van der Waals surface area contributed by atoms with E-state index in [1.807, 2.05) is 6.07 Å². The van der Waals surface area contributed by atoms with Gasteiger partial charge in [-0.2, -0.15) is 0 Å². The van der Waals surface area contributed by atoms with Gasteiger partial charge in [0.25, 0.3) is 0 Å².